The van der Waals surface area contributed by atoms with Crippen LogP contribution in [0.2, 0.25) is 0 Å². The molecule has 1 aliphatic heterocycles. The Balaban J connectivity index is 1.80. The van der Waals surface area contributed by atoms with E-state index in [4.69, 9.17) is 5.84 Å². The molecule has 2 aromatic heterocycles. The topological polar surface area (TPSA) is 74.7 Å². The minimum absolute atomic E-state index is 0.653. The van der Waals surface area contributed by atoms with Crippen molar-refractivity contribution < 1.29 is 0 Å². The number of nitrogens with one attached hydrogen (secondary N) is 1. The number of aromatic nitrogens is 3. The summed E-state index contributed by atoms with van der Waals surface area (Å²) in [6.07, 6.45) is 5.55. The van der Waals surface area contributed by atoms with Crippen molar-refractivity contribution in [3.05, 3.63) is 18.6 Å². The number of anilines is 2. The van der Waals surface area contributed by atoms with E-state index < -0.39 is 0 Å². The first-order valence-corrected chi connectivity index (χ1v) is 7.45. The first kappa shape index (κ1) is 14.1. The lowest BCUT2D eigenvalue weighted by atomic mass is 10.2. The molecule has 3 rings (SSSR count). The van der Waals surface area contributed by atoms with Crippen molar-refractivity contribution >= 4 is 17.3 Å². The summed E-state index contributed by atoms with van der Waals surface area (Å²) < 4.78 is 1.96. The Morgan fingerprint density at radius 2 is 2.05 bits per heavy atom. The molecule has 0 spiro atoms. The Bertz CT molecular complexity index is 598. The second-order valence-corrected chi connectivity index (χ2v) is 5.93. The fourth-order valence-corrected chi connectivity index (χ4v) is 2.86. The number of hydrogen-bond acceptors (Lipinski definition) is 6. The molecule has 0 bridgehead atoms. The van der Waals surface area contributed by atoms with Gasteiger partial charge in [-0.05, 0) is 5.92 Å². The smallest absolute Gasteiger partial charge is 0.180 e. The van der Waals surface area contributed by atoms with Gasteiger partial charge in [0.15, 0.2) is 17.3 Å². The van der Waals surface area contributed by atoms with E-state index in [1.54, 1.807) is 6.20 Å². The molecule has 7 nitrogen and oxygen atoms in total. The maximum Gasteiger partial charge on any atom is 0.180 e. The molecule has 0 unspecified atom stereocenters. The van der Waals surface area contributed by atoms with Crippen LogP contribution in [0.1, 0.15) is 13.8 Å². The summed E-state index contributed by atoms with van der Waals surface area (Å²) in [5.74, 6) is 7.77. The highest BCUT2D eigenvalue weighted by Gasteiger charge is 2.21. The predicted molar refractivity (Wildman–Crippen MR) is 84.3 cm³/mol. The van der Waals surface area contributed by atoms with Gasteiger partial charge in [0.2, 0.25) is 0 Å². The van der Waals surface area contributed by atoms with Gasteiger partial charge >= 0.3 is 0 Å². The molecule has 7 heteroatoms. The highest BCUT2D eigenvalue weighted by Crippen LogP contribution is 2.21. The van der Waals surface area contributed by atoms with Gasteiger partial charge < -0.3 is 14.7 Å². The summed E-state index contributed by atoms with van der Waals surface area (Å²) in [6, 6.07) is 0. The third-order valence-electron chi connectivity index (χ3n) is 3.80. The third-order valence-corrected chi connectivity index (χ3v) is 3.80. The van der Waals surface area contributed by atoms with E-state index in [0.717, 1.165) is 44.2 Å². The van der Waals surface area contributed by atoms with Crippen LogP contribution in [0.15, 0.2) is 18.6 Å². The highest BCUT2D eigenvalue weighted by molar-refractivity contribution is 5.66. The van der Waals surface area contributed by atoms with E-state index in [2.05, 4.69) is 39.0 Å². The summed E-state index contributed by atoms with van der Waals surface area (Å²) in [4.78, 5) is 13.8. The zero-order valence-corrected chi connectivity index (χ0v) is 12.7. The molecule has 1 saturated heterocycles. The molecule has 2 aromatic rings. The first-order chi connectivity index (χ1) is 10.2. The minimum atomic E-state index is 0.653. The largest absolute Gasteiger partial charge is 0.351 e. The fourth-order valence-electron chi connectivity index (χ4n) is 2.86. The summed E-state index contributed by atoms with van der Waals surface area (Å²) >= 11 is 0. The summed E-state index contributed by atoms with van der Waals surface area (Å²) in [5, 5.41) is 0. The standard InChI is InChI=1S/C14H23N7/c1-11(2)9-19-5-7-20(8-6-19)14-13-16-3-4-21(13)10-12(17-14)18-15/h3-4,10-11,18H,5-9,15H2,1-2H3. The predicted octanol–water partition coefficient (Wildman–Crippen LogP) is 0.793. The van der Waals surface area contributed by atoms with Gasteiger partial charge in [0.05, 0.1) is 6.20 Å². The molecule has 3 heterocycles. The van der Waals surface area contributed by atoms with Crippen LogP contribution in [0.4, 0.5) is 11.6 Å². The van der Waals surface area contributed by atoms with Crippen molar-refractivity contribution in [3.63, 3.8) is 0 Å². The van der Waals surface area contributed by atoms with Gasteiger partial charge in [0, 0.05) is 45.1 Å². The molecule has 0 aliphatic carbocycles. The Kier molecular flexibility index (Phi) is 3.94. The Morgan fingerprint density at radius 1 is 1.29 bits per heavy atom. The monoisotopic (exact) mass is 289 g/mol. The Labute approximate surface area is 124 Å². The second kappa shape index (κ2) is 5.87. The highest BCUT2D eigenvalue weighted by atomic mass is 15.3. The molecule has 3 N–H and O–H groups in total. The van der Waals surface area contributed by atoms with Gasteiger partial charge in [-0.25, -0.2) is 15.8 Å². The fraction of sp³-hybridized carbons (Fsp3) is 0.571. The molecule has 0 amide bonds. The van der Waals surface area contributed by atoms with E-state index in [0.29, 0.717) is 11.7 Å². The number of nitrogen functional groups attached to an aromatic ring is 1. The molecule has 114 valence electrons. The number of nitrogens with two attached hydrogens (primary N) is 1. The lowest BCUT2D eigenvalue weighted by molar-refractivity contribution is 0.231. The summed E-state index contributed by atoms with van der Waals surface area (Å²) in [7, 11) is 0. The number of hydrogen-bond donors (Lipinski definition) is 2. The van der Waals surface area contributed by atoms with Crippen molar-refractivity contribution in [3.8, 4) is 0 Å². The molecule has 0 aromatic carbocycles. The van der Waals surface area contributed by atoms with Crippen LogP contribution in [-0.2, 0) is 0 Å². The summed E-state index contributed by atoms with van der Waals surface area (Å²) in [6.45, 7) is 9.74. The van der Waals surface area contributed by atoms with Crippen molar-refractivity contribution in [2.45, 2.75) is 13.8 Å². The number of fused-ring (bicyclic) bond motifs is 1. The van der Waals surface area contributed by atoms with Crippen LogP contribution < -0.4 is 16.2 Å². The molecule has 21 heavy (non-hydrogen) atoms. The van der Waals surface area contributed by atoms with Gasteiger partial charge in [0.25, 0.3) is 0 Å². The van der Waals surface area contributed by atoms with Crippen molar-refractivity contribution in [2.75, 3.05) is 43.0 Å². The molecular formula is C14H23N7. The lowest BCUT2D eigenvalue weighted by Crippen LogP contribution is -2.47. The normalized spacial score (nSPS) is 16.9. The van der Waals surface area contributed by atoms with Gasteiger partial charge in [-0.2, -0.15) is 0 Å². The van der Waals surface area contributed by atoms with Gasteiger partial charge in [-0.3, -0.25) is 4.90 Å². The minimum Gasteiger partial charge on any atom is -0.351 e. The molecular weight excluding hydrogens is 266 g/mol. The van der Waals surface area contributed by atoms with E-state index in [-0.39, 0.29) is 0 Å². The first-order valence-electron chi connectivity index (χ1n) is 7.45. The lowest BCUT2D eigenvalue weighted by Gasteiger charge is -2.36. The number of rotatable bonds is 4. The molecule has 0 saturated carbocycles. The van der Waals surface area contributed by atoms with Gasteiger partial charge in [0.1, 0.15) is 0 Å². The van der Waals surface area contributed by atoms with Crippen LogP contribution in [0, 0.1) is 5.92 Å². The van der Waals surface area contributed by atoms with Crippen LogP contribution in [0.25, 0.3) is 5.65 Å². The average Bonchev–Trinajstić information content (AvgIpc) is 2.94. The van der Waals surface area contributed by atoms with Crippen LogP contribution in [0.5, 0.6) is 0 Å². The van der Waals surface area contributed by atoms with Crippen molar-refractivity contribution in [1.29, 1.82) is 0 Å². The molecule has 0 atom stereocenters. The third kappa shape index (κ3) is 2.93. The second-order valence-electron chi connectivity index (χ2n) is 5.93. The summed E-state index contributed by atoms with van der Waals surface area (Å²) in [5.41, 5.74) is 3.51. The number of hydrazine groups is 1. The zero-order valence-electron chi connectivity index (χ0n) is 12.7. The number of imidazole rings is 1. The zero-order chi connectivity index (χ0) is 14.8. The molecule has 0 radical (unpaired) electrons. The van der Waals surface area contributed by atoms with Gasteiger partial charge in [-0.15, -0.1) is 0 Å². The molecule has 1 aliphatic rings. The average molecular weight is 289 g/mol. The van der Waals surface area contributed by atoms with E-state index in [9.17, 15) is 0 Å². The SMILES string of the molecule is CC(C)CN1CCN(c2nc(NN)cn3ccnc23)CC1. The number of piperazine rings is 1. The molecule has 1 fully saturated rings. The van der Waals surface area contributed by atoms with Crippen LogP contribution in [-0.4, -0.2) is 52.0 Å². The maximum absolute atomic E-state index is 5.51. The van der Waals surface area contributed by atoms with E-state index in [1.807, 2.05) is 16.8 Å². The van der Waals surface area contributed by atoms with E-state index >= 15 is 0 Å². The quantitative estimate of drug-likeness (QED) is 0.640. The number of nitrogens with zero attached hydrogens (tertiary/aromatic N) is 5. The van der Waals surface area contributed by atoms with Gasteiger partial charge in [-0.1, -0.05) is 13.8 Å². The van der Waals surface area contributed by atoms with Crippen LogP contribution in [0.3, 0.4) is 0 Å². The van der Waals surface area contributed by atoms with Crippen molar-refractivity contribution in [2.24, 2.45) is 11.8 Å². The van der Waals surface area contributed by atoms with Crippen molar-refractivity contribution in [1.82, 2.24) is 19.3 Å². The van der Waals surface area contributed by atoms with E-state index in [1.165, 1.54) is 0 Å². The van der Waals surface area contributed by atoms with Crippen LogP contribution >= 0.6 is 0 Å². The maximum atomic E-state index is 5.51. The Hall–Kier alpha value is -1.86. The Morgan fingerprint density at radius 3 is 2.71 bits per heavy atom.